The van der Waals surface area contributed by atoms with Gasteiger partial charge in [0.1, 0.15) is 0 Å². The Hall–Kier alpha value is -1.39. The standard InChI is InChI=1S/C17H26N2O2/c1-13(2)18-11-16-5-3-4-10-19(16)12-14-6-8-15(9-7-14)17(20)21/h6-9,13,16,18H,3-5,10-12H2,1-2H3,(H,20,21). The molecule has 1 unspecified atom stereocenters. The number of carboxylic acid groups (broad SMARTS) is 1. The summed E-state index contributed by atoms with van der Waals surface area (Å²) >= 11 is 0. The molecular weight excluding hydrogens is 264 g/mol. The molecule has 1 aliphatic rings. The SMILES string of the molecule is CC(C)NCC1CCCCN1Cc1ccc(C(=O)O)cc1. The normalized spacial score (nSPS) is 19.9. The van der Waals surface area contributed by atoms with Crippen LogP contribution in [0.25, 0.3) is 0 Å². The number of nitrogens with one attached hydrogen (secondary N) is 1. The van der Waals surface area contributed by atoms with E-state index in [4.69, 9.17) is 5.11 Å². The number of nitrogens with zero attached hydrogens (tertiary/aromatic N) is 1. The first-order chi connectivity index (χ1) is 10.1. The van der Waals surface area contributed by atoms with Crippen LogP contribution in [0.5, 0.6) is 0 Å². The quantitative estimate of drug-likeness (QED) is 0.846. The summed E-state index contributed by atoms with van der Waals surface area (Å²) in [6, 6.07) is 8.37. The molecule has 21 heavy (non-hydrogen) atoms. The molecule has 1 atom stereocenters. The van der Waals surface area contributed by atoms with Crippen LogP contribution in [0.4, 0.5) is 0 Å². The van der Waals surface area contributed by atoms with Crippen molar-refractivity contribution in [2.24, 2.45) is 0 Å². The van der Waals surface area contributed by atoms with E-state index in [9.17, 15) is 4.79 Å². The summed E-state index contributed by atoms with van der Waals surface area (Å²) in [6.45, 7) is 7.43. The Kier molecular flexibility index (Phi) is 5.76. The van der Waals surface area contributed by atoms with Gasteiger partial charge in [-0.2, -0.15) is 0 Å². The molecule has 0 amide bonds. The van der Waals surface area contributed by atoms with Crippen molar-refractivity contribution in [2.45, 2.75) is 51.7 Å². The third kappa shape index (κ3) is 4.83. The fourth-order valence-electron chi connectivity index (χ4n) is 2.86. The average molecular weight is 290 g/mol. The van der Waals surface area contributed by atoms with Gasteiger partial charge in [-0.15, -0.1) is 0 Å². The highest BCUT2D eigenvalue weighted by molar-refractivity contribution is 5.87. The van der Waals surface area contributed by atoms with E-state index in [2.05, 4.69) is 24.1 Å². The highest BCUT2D eigenvalue weighted by atomic mass is 16.4. The van der Waals surface area contributed by atoms with Crippen molar-refractivity contribution in [3.8, 4) is 0 Å². The van der Waals surface area contributed by atoms with Crippen LogP contribution in [0, 0.1) is 0 Å². The lowest BCUT2D eigenvalue weighted by atomic mass is 10.0. The van der Waals surface area contributed by atoms with E-state index < -0.39 is 5.97 Å². The molecule has 1 aromatic rings. The monoisotopic (exact) mass is 290 g/mol. The summed E-state index contributed by atoms with van der Waals surface area (Å²) in [6.07, 6.45) is 3.80. The molecule has 0 aliphatic carbocycles. The fraction of sp³-hybridized carbons (Fsp3) is 0.588. The van der Waals surface area contributed by atoms with Gasteiger partial charge in [0, 0.05) is 25.2 Å². The van der Waals surface area contributed by atoms with Gasteiger partial charge in [-0.25, -0.2) is 4.79 Å². The largest absolute Gasteiger partial charge is 0.478 e. The zero-order chi connectivity index (χ0) is 15.2. The van der Waals surface area contributed by atoms with Crippen LogP contribution in [-0.4, -0.2) is 41.1 Å². The van der Waals surface area contributed by atoms with Gasteiger partial charge in [0.15, 0.2) is 0 Å². The van der Waals surface area contributed by atoms with Crippen molar-refractivity contribution in [2.75, 3.05) is 13.1 Å². The van der Waals surface area contributed by atoms with E-state index in [-0.39, 0.29) is 0 Å². The zero-order valence-corrected chi connectivity index (χ0v) is 13.0. The lowest BCUT2D eigenvalue weighted by Crippen LogP contribution is -2.46. The average Bonchev–Trinajstić information content (AvgIpc) is 2.47. The van der Waals surface area contributed by atoms with Crippen molar-refractivity contribution in [3.05, 3.63) is 35.4 Å². The molecule has 0 aromatic heterocycles. The molecule has 116 valence electrons. The van der Waals surface area contributed by atoms with Crippen molar-refractivity contribution in [1.29, 1.82) is 0 Å². The molecule has 0 spiro atoms. The molecule has 1 fully saturated rings. The number of hydrogen-bond donors (Lipinski definition) is 2. The molecule has 1 heterocycles. The second-order valence-corrected chi connectivity index (χ2v) is 6.19. The predicted octanol–water partition coefficient (Wildman–Crippen LogP) is 2.74. The van der Waals surface area contributed by atoms with Crippen molar-refractivity contribution < 1.29 is 9.90 Å². The molecule has 2 rings (SSSR count). The third-order valence-electron chi connectivity index (χ3n) is 4.10. The van der Waals surface area contributed by atoms with Gasteiger partial charge in [0.25, 0.3) is 0 Å². The van der Waals surface area contributed by atoms with Gasteiger partial charge in [-0.3, -0.25) is 4.90 Å². The number of hydrogen-bond acceptors (Lipinski definition) is 3. The van der Waals surface area contributed by atoms with Crippen molar-refractivity contribution >= 4 is 5.97 Å². The summed E-state index contributed by atoms with van der Waals surface area (Å²) in [4.78, 5) is 13.4. The van der Waals surface area contributed by atoms with Crippen LogP contribution in [-0.2, 0) is 6.54 Å². The van der Waals surface area contributed by atoms with Crippen LogP contribution in [0.1, 0.15) is 49.0 Å². The van der Waals surface area contributed by atoms with Gasteiger partial charge < -0.3 is 10.4 Å². The van der Waals surface area contributed by atoms with Crippen molar-refractivity contribution in [3.63, 3.8) is 0 Å². The second kappa shape index (κ2) is 7.57. The number of aromatic carboxylic acids is 1. The molecule has 4 heteroatoms. The Morgan fingerprint density at radius 1 is 1.33 bits per heavy atom. The number of rotatable bonds is 6. The highest BCUT2D eigenvalue weighted by Crippen LogP contribution is 2.19. The molecule has 0 saturated carbocycles. The van der Waals surface area contributed by atoms with Crippen molar-refractivity contribution in [1.82, 2.24) is 10.2 Å². The number of likely N-dealkylation sites (tertiary alicyclic amines) is 1. The Bertz CT molecular complexity index is 456. The topological polar surface area (TPSA) is 52.6 Å². The van der Waals surface area contributed by atoms with E-state index in [1.54, 1.807) is 12.1 Å². The second-order valence-electron chi connectivity index (χ2n) is 6.19. The van der Waals surface area contributed by atoms with E-state index in [0.29, 0.717) is 17.6 Å². The predicted molar refractivity (Wildman–Crippen MR) is 84.6 cm³/mol. The maximum absolute atomic E-state index is 10.9. The fourth-order valence-corrected chi connectivity index (χ4v) is 2.86. The summed E-state index contributed by atoms with van der Waals surface area (Å²) in [7, 11) is 0. The van der Waals surface area contributed by atoms with Gasteiger partial charge in [-0.05, 0) is 37.1 Å². The van der Waals surface area contributed by atoms with Crippen LogP contribution in [0.15, 0.2) is 24.3 Å². The van der Waals surface area contributed by atoms with Gasteiger partial charge in [0.05, 0.1) is 5.56 Å². The molecule has 1 aromatic carbocycles. The Morgan fingerprint density at radius 3 is 2.67 bits per heavy atom. The minimum Gasteiger partial charge on any atom is -0.478 e. The van der Waals surface area contributed by atoms with E-state index in [1.807, 2.05) is 12.1 Å². The Labute approximate surface area is 127 Å². The molecule has 2 N–H and O–H groups in total. The zero-order valence-electron chi connectivity index (χ0n) is 13.0. The highest BCUT2D eigenvalue weighted by Gasteiger charge is 2.22. The molecule has 0 radical (unpaired) electrons. The molecular formula is C17H26N2O2. The summed E-state index contributed by atoms with van der Waals surface area (Å²) in [5.74, 6) is -0.862. The first-order valence-corrected chi connectivity index (χ1v) is 7.86. The van der Waals surface area contributed by atoms with E-state index in [1.165, 1.54) is 24.8 Å². The van der Waals surface area contributed by atoms with Crippen LogP contribution in [0.3, 0.4) is 0 Å². The van der Waals surface area contributed by atoms with E-state index >= 15 is 0 Å². The molecule has 0 bridgehead atoms. The van der Waals surface area contributed by atoms with E-state index in [0.717, 1.165) is 19.6 Å². The molecule has 4 nitrogen and oxygen atoms in total. The summed E-state index contributed by atoms with van der Waals surface area (Å²) < 4.78 is 0. The number of carbonyl (C=O) groups is 1. The molecule has 1 saturated heterocycles. The lowest BCUT2D eigenvalue weighted by Gasteiger charge is -2.36. The maximum Gasteiger partial charge on any atom is 0.335 e. The van der Waals surface area contributed by atoms with Crippen LogP contribution >= 0.6 is 0 Å². The number of benzene rings is 1. The number of carboxylic acids is 1. The first-order valence-electron chi connectivity index (χ1n) is 7.86. The number of piperidine rings is 1. The Morgan fingerprint density at radius 2 is 2.05 bits per heavy atom. The maximum atomic E-state index is 10.9. The molecule has 1 aliphatic heterocycles. The van der Waals surface area contributed by atoms with Gasteiger partial charge >= 0.3 is 5.97 Å². The summed E-state index contributed by atoms with van der Waals surface area (Å²) in [5, 5.41) is 12.5. The van der Waals surface area contributed by atoms with Crippen LogP contribution in [0.2, 0.25) is 0 Å². The summed E-state index contributed by atoms with van der Waals surface area (Å²) in [5.41, 5.74) is 1.55. The minimum atomic E-state index is -0.862. The van der Waals surface area contributed by atoms with Crippen LogP contribution < -0.4 is 5.32 Å². The first kappa shape index (κ1) is 16.0. The smallest absolute Gasteiger partial charge is 0.335 e. The van der Waals surface area contributed by atoms with Gasteiger partial charge in [0.2, 0.25) is 0 Å². The minimum absolute atomic E-state index is 0.357. The Balaban J connectivity index is 1.96. The lowest BCUT2D eigenvalue weighted by molar-refractivity contribution is 0.0697. The van der Waals surface area contributed by atoms with Gasteiger partial charge in [-0.1, -0.05) is 32.4 Å². The third-order valence-corrected chi connectivity index (χ3v) is 4.10.